The molecule has 0 radical (unpaired) electrons. The van der Waals surface area contributed by atoms with Crippen LogP contribution in [0.1, 0.15) is 5.56 Å². The molecule has 4 N–H and O–H groups in total. The van der Waals surface area contributed by atoms with Crippen LogP contribution in [0.3, 0.4) is 0 Å². The predicted octanol–water partition coefficient (Wildman–Crippen LogP) is 1.25. The van der Waals surface area contributed by atoms with E-state index in [9.17, 15) is 13.2 Å². The van der Waals surface area contributed by atoms with Gasteiger partial charge in [0.15, 0.2) is 5.54 Å². The van der Waals surface area contributed by atoms with Crippen molar-refractivity contribution in [1.82, 2.24) is 0 Å². The van der Waals surface area contributed by atoms with Gasteiger partial charge in [0.05, 0.1) is 6.61 Å². The van der Waals surface area contributed by atoms with E-state index in [0.717, 1.165) is 18.3 Å². The minimum Gasteiger partial charge on any atom is -0.399 e. The Labute approximate surface area is 101 Å². The molecule has 2 atom stereocenters. The number of hydrogen-bond donors (Lipinski definition) is 2. The molecule has 1 heterocycles. The van der Waals surface area contributed by atoms with Gasteiger partial charge in [-0.15, -0.1) is 0 Å². The number of rotatable bonds is 2. The molecule has 0 saturated heterocycles. The zero-order valence-corrected chi connectivity index (χ0v) is 9.32. The molecule has 0 saturated carbocycles. The van der Waals surface area contributed by atoms with Crippen LogP contribution in [0.5, 0.6) is 0 Å². The molecule has 1 aromatic carbocycles. The lowest BCUT2D eigenvalue weighted by atomic mass is 9.87. The topological polar surface area (TPSA) is 73.6 Å². The smallest absolute Gasteiger partial charge is 0.271 e. The Hall–Kier alpha value is -1.60. The van der Waals surface area contributed by atoms with Crippen molar-refractivity contribution in [2.75, 3.05) is 12.3 Å². The molecule has 1 unspecified atom stereocenters. The first-order valence-electron chi connectivity index (χ1n) is 5.23. The molecule has 0 bridgehead atoms. The molecule has 18 heavy (non-hydrogen) atoms. The largest absolute Gasteiger partial charge is 0.399 e. The minimum atomic E-state index is -3.01. The lowest BCUT2D eigenvalue weighted by Crippen LogP contribution is -2.53. The van der Waals surface area contributed by atoms with Crippen molar-refractivity contribution in [3.05, 3.63) is 29.6 Å². The monoisotopic (exact) mass is 259 g/mol. The summed E-state index contributed by atoms with van der Waals surface area (Å²) in [6.07, 6.45) is -3.29. The van der Waals surface area contributed by atoms with Crippen molar-refractivity contribution in [2.45, 2.75) is 18.2 Å². The van der Waals surface area contributed by atoms with Crippen molar-refractivity contribution < 1.29 is 17.9 Å². The summed E-state index contributed by atoms with van der Waals surface area (Å²) in [5, 5.41) is 0. The van der Waals surface area contributed by atoms with Crippen LogP contribution in [0, 0.1) is 5.82 Å². The van der Waals surface area contributed by atoms with Crippen LogP contribution in [-0.4, -0.2) is 25.5 Å². The summed E-state index contributed by atoms with van der Waals surface area (Å²) in [6, 6.07) is 3.38. The van der Waals surface area contributed by atoms with E-state index in [4.69, 9.17) is 16.2 Å². The van der Waals surface area contributed by atoms with Gasteiger partial charge in [-0.3, -0.25) is 4.99 Å². The number of anilines is 1. The third kappa shape index (κ3) is 1.85. The van der Waals surface area contributed by atoms with Crippen molar-refractivity contribution in [3.8, 4) is 0 Å². The number of halogens is 3. The summed E-state index contributed by atoms with van der Waals surface area (Å²) >= 11 is 0. The SMILES string of the molecule is Nc1ccc(F)c(C2(C(F)F)N=CCO[C@H]2N)c1. The van der Waals surface area contributed by atoms with E-state index in [2.05, 4.69) is 4.99 Å². The first-order valence-corrected chi connectivity index (χ1v) is 5.23. The Bertz CT molecular complexity index is 481. The van der Waals surface area contributed by atoms with Gasteiger partial charge in [0, 0.05) is 17.5 Å². The second-order valence-corrected chi connectivity index (χ2v) is 3.93. The molecule has 4 nitrogen and oxygen atoms in total. The van der Waals surface area contributed by atoms with Crippen LogP contribution >= 0.6 is 0 Å². The quantitative estimate of drug-likeness (QED) is 0.785. The van der Waals surface area contributed by atoms with Gasteiger partial charge in [-0.05, 0) is 18.2 Å². The van der Waals surface area contributed by atoms with Crippen LogP contribution in [0.2, 0.25) is 0 Å². The lowest BCUT2D eigenvalue weighted by Gasteiger charge is -2.37. The average molecular weight is 259 g/mol. The van der Waals surface area contributed by atoms with E-state index in [-0.39, 0.29) is 17.9 Å². The van der Waals surface area contributed by atoms with Crippen LogP contribution in [0.15, 0.2) is 23.2 Å². The van der Waals surface area contributed by atoms with Gasteiger partial charge in [0.25, 0.3) is 6.43 Å². The van der Waals surface area contributed by atoms with Gasteiger partial charge in [-0.25, -0.2) is 13.2 Å². The summed E-state index contributed by atoms with van der Waals surface area (Å²) in [7, 11) is 0. The van der Waals surface area contributed by atoms with Crippen LogP contribution in [-0.2, 0) is 10.3 Å². The molecule has 98 valence electrons. The zero-order chi connectivity index (χ0) is 13.3. The van der Waals surface area contributed by atoms with Crippen molar-refractivity contribution in [2.24, 2.45) is 10.7 Å². The van der Waals surface area contributed by atoms with Crippen LogP contribution < -0.4 is 11.5 Å². The third-order valence-corrected chi connectivity index (χ3v) is 2.84. The number of ether oxygens (including phenoxy) is 1. The number of aliphatic imine (C=N–C) groups is 1. The molecule has 1 aliphatic heterocycles. The van der Waals surface area contributed by atoms with Crippen molar-refractivity contribution in [3.63, 3.8) is 0 Å². The number of benzene rings is 1. The Morgan fingerprint density at radius 1 is 1.44 bits per heavy atom. The number of nitrogens with zero attached hydrogens (tertiary/aromatic N) is 1. The molecule has 0 aromatic heterocycles. The molecule has 2 rings (SSSR count). The summed E-state index contributed by atoms with van der Waals surface area (Å²) in [5.74, 6) is -0.845. The highest BCUT2D eigenvalue weighted by Crippen LogP contribution is 2.39. The number of nitrogen functional groups attached to an aromatic ring is 1. The molecule has 0 spiro atoms. The van der Waals surface area contributed by atoms with Gasteiger partial charge in [0.2, 0.25) is 0 Å². The van der Waals surface area contributed by atoms with Gasteiger partial charge in [-0.2, -0.15) is 0 Å². The van der Waals surface area contributed by atoms with Crippen molar-refractivity contribution in [1.29, 1.82) is 0 Å². The van der Waals surface area contributed by atoms with E-state index in [1.807, 2.05) is 0 Å². The summed E-state index contributed by atoms with van der Waals surface area (Å²) < 4.78 is 45.4. The van der Waals surface area contributed by atoms with Crippen molar-refractivity contribution >= 4 is 11.9 Å². The second kappa shape index (κ2) is 4.58. The van der Waals surface area contributed by atoms with E-state index in [1.54, 1.807) is 0 Å². The maximum atomic E-state index is 13.8. The maximum absolute atomic E-state index is 13.8. The predicted molar refractivity (Wildman–Crippen MR) is 60.9 cm³/mol. The number of hydrogen-bond acceptors (Lipinski definition) is 4. The molecule has 1 aliphatic rings. The molecular formula is C11H12F3N3O. The van der Waals surface area contributed by atoms with E-state index in [0.29, 0.717) is 0 Å². The average Bonchev–Trinajstić information content (AvgIpc) is 2.33. The first kappa shape index (κ1) is 12.8. The fraction of sp³-hybridized carbons (Fsp3) is 0.364. The molecule has 0 fully saturated rings. The van der Waals surface area contributed by atoms with Gasteiger partial charge >= 0.3 is 0 Å². The zero-order valence-electron chi connectivity index (χ0n) is 9.32. The van der Waals surface area contributed by atoms with Crippen LogP contribution in [0.4, 0.5) is 18.9 Å². The highest BCUT2D eigenvalue weighted by molar-refractivity contribution is 5.61. The standard InChI is InChI=1S/C11H12F3N3O/c12-8-2-1-6(15)5-7(8)11(9(13)14)10(16)18-4-3-17-11/h1-3,5,9-10H,4,15-16H2/t10-,11?/m1/s1. The Kier molecular flexibility index (Phi) is 3.27. The number of nitrogens with two attached hydrogens (primary N) is 2. The lowest BCUT2D eigenvalue weighted by molar-refractivity contribution is -0.0663. The summed E-state index contributed by atoms with van der Waals surface area (Å²) in [5.41, 5.74) is 8.58. The Morgan fingerprint density at radius 3 is 2.78 bits per heavy atom. The highest BCUT2D eigenvalue weighted by atomic mass is 19.3. The molecule has 1 aromatic rings. The van der Waals surface area contributed by atoms with E-state index >= 15 is 0 Å². The van der Waals surface area contributed by atoms with Gasteiger partial charge < -0.3 is 16.2 Å². The van der Waals surface area contributed by atoms with E-state index < -0.39 is 24.0 Å². The summed E-state index contributed by atoms with van der Waals surface area (Å²) in [6.45, 7) is 0.0135. The minimum absolute atomic E-state index is 0.0135. The van der Waals surface area contributed by atoms with Gasteiger partial charge in [0.1, 0.15) is 12.0 Å². The molecule has 0 amide bonds. The fourth-order valence-corrected chi connectivity index (χ4v) is 1.91. The molecular weight excluding hydrogens is 247 g/mol. The maximum Gasteiger partial charge on any atom is 0.271 e. The summed E-state index contributed by atoms with van der Waals surface area (Å²) in [4.78, 5) is 3.69. The molecule has 0 aliphatic carbocycles. The molecule has 7 heteroatoms. The Balaban J connectivity index is 2.64. The highest BCUT2D eigenvalue weighted by Gasteiger charge is 2.50. The van der Waals surface area contributed by atoms with E-state index in [1.165, 1.54) is 6.07 Å². The first-order chi connectivity index (χ1) is 8.48. The van der Waals surface area contributed by atoms with Crippen LogP contribution in [0.25, 0.3) is 0 Å². The fourth-order valence-electron chi connectivity index (χ4n) is 1.91. The van der Waals surface area contributed by atoms with Gasteiger partial charge in [-0.1, -0.05) is 0 Å². The Morgan fingerprint density at radius 2 is 2.17 bits per heavy atom. The third-order valence-electron chi connectivity index (χ3n) is 2.84. The second-order valence-electron chi connectivity index (χ2n) is 3.93. The normalized spacial score (nSPS) is 27.7. The number of alkyl halides is 2.